The molecular formula is C17H26F2N2. The van der Waals surface area contributed by atoms with E-state index in [-0.39, 0.29) is 11.6 Å². The molecule has 1 atom stereocenters. The Balaban J connectivity index is 1.99. The first-order chi connectivity index (χ1) is 10.2. The summed E-state index contributed by atoms with van der Waals surface area (Å²) in [4.78, 5) is 2.41. The molecule has 1 unspecified atom stereocenters. The molecule has 0 amide bonds. The maximum atomic E-state index is 12.6. The van der Waals surface area contributed by atoms with Crippen LogP contribution in [-0.2, 0) is 0 Å². The minimum atomic E-state index is -2.40. The third-order valence-electron chi connectivity index (χ3n) is 4.58. The van der Waals surface area contributed by atoms with E-state index >= 15 is 0 Å². The number of hydrogen-bond acceptors (Lipinski definition) is 2. The zero-order valence-corrected chi connectivity index (χ0v) is 12.8. The third-order valence-corrected chi connectivity index (χ3v) is 4.58. The molecule has 0 radical (unpaired) electrons. The Bertz CT molecular complexity index is 411. The van der Waals surface area contributed by atoms with Crippen LogP contribution in [0.3, 0.4) is 0 Å². The number of hydrogen-bond donors (Lipinski definition) is 1. The number of rotatable bonds is 6. The summed E-state index contributed by atoms with van der Waals surface area (Å²) in [5.74, 6) is 0.839. The van der Waals surface area contributed by atoms with Gasteiger partial charge in [0.1, 0.15) is 0 Å². The molecule has 0 bridgehead atoms. The van der Waals surface area contributed by atoms with Gasteiger partial charge >= 0.3 is 0 Å². The molecule has 1 fully saturated rings. The fourth-order valence-electron chi connectivity index (χ4n) is 3.32. The van der Waals surface area contributed by atoms with Crippen molar-refractivity contribution in [2.75, 3.05) is 19.6 Å². The molecule has 1 aliphatic rings. The molecule has 0 saturated carbocycles. The second-order valence-corrected chi connectivity index (χ2v) is 5.99. The van der Waals surface area contributed by atoms with Crippen LogP contribution < -0.4 is 5.73 Å². The van der Waals surface area contributed by atoms with Crippen molar-refractivity contribution < 1.29 is 8.78 Å². The molecule has 1 heterocycles. The van der Waals surface area contributed by atoms with Crippen molar-refractivity contribution in [3.63, 3.8) is 0 Å². The Hall–Kier alpha value is -1.00. The summed E-state index contributed by atoms with van der Waals surface area (Å²) in [6.07, 6.45) is 2.60. The molecule has 0 aliphatic carbocycles. The fourth-order valence-corrected chi connectivity index (χ4v) is 3.32. The Morgan fingerprint density at radius 1 is 1.14 bits per heavy atom. The van der Waals surface area contributed by atoms with Gasteiger partial charge in [-0.15, -0.1) is 0 Å². The lowest BCUT2D eigenvalue weighted by molar-refractivity contribution is 0.131. The van der Waals surface area contributed by atoms with Gasteiger partial charge in [-0.1, -0.05) is 44.0 Å². The largest absolute Gasteiger partial charge is 0.329 e. The van der Waals surface area contributed by atoms with Crippen molar-refractivity contribution in [3.8, 4) is 0 Å². The fraction of sp³-hybridized carbons (Fsp3) is 0.647. The zero-order chi connectivity index (χ0) is 15.2. The van der Waals surface area contributed by atoms with Crippen molar-refractivity contribution in [2.45, 2.75) is 45.1 Å². The quantitative estimate of drug-likeness (QED) is 0.855. The molecule has 2 rings (SSSR count). The lowest BCUT2D eigenvalue weighted by atomic mass is 9.91. The zero-order valence-electron chi connectivity index (χ0n) is 12.8. The van der Waals surface area contributed by atoms with Crippen LogP contribution >= 0.6 is 0 Å². The van der Waals surface area contributed by atoms with Crippen LogP contribution in [0, 0.1) is 5.92 Å². The smallest absolute Gasteiger partial charge is 0.263 e. The average molecular weight is 296 g/mol. The SMILES string of the molecule is CCCC1CCN(C(CN)c2ccc(C(F)F)cc2)CC1. The van der Waals surface area contributed by atoms with E-state index < -0.39 is 6.43 Å². The van der Waals surface area contributed by atoms with Gasteiger partial charge in [0.25, 0.3) is 6.43 Å². The van der Waals surface area contributed by atoms with E-state index in [9.17, 15) is 8.78 Å². The van der Waals surface area contributed by atoms with Gasteiger partial charge in [-0.05, 0) is 37.4 Å². The number of nitrogens with two attached hydrogens (primary N) is 1. The molecule has 0 aromatic heterocycles. The lowest BCUT2D eigenvalue weighted by Crippen LogP contribution is -2.39. The average Bonchev–Trinajstić information content (AvgIpc) is 2.50. The van der Waals surface area contributed by atoms with Crippen molar-refractivity contribution in [2.24, 2.45) is 11.7 Å². The monoisotopic (exact) mass is 296 g/mol. The van der Waals surface area contributed by atoms with Gasteiger partial charge in [-0.2, -0.15) is 0 Å². The second kappa shape index (κ2) is 7.85. The highest BCUT2D eigenvalue weighted by atomic mass is 19.3. The number of piperidine rings is 1. The summed E-state index contributed by atoms with van der Waals surface area (Å²) < 4.78 is 25.2. The molecule has 118 valence electrons. The van der Waals surface area contributed by atoms with E-state index in [4.69, 9.17) is 5.73 Å². The van der Waals surface area contributed by atoms with Crippen molar-refractivity contribution >= 4 is 0 Å². The number of alkyl halides is 2. The van der Waals surface area contributed by atoms with Gasteiger partial charge in [0.05, 0.1) is 0 Å². The van der Waals surface area contributed by atoms with E-state index in [0.717, 1.165) is 24.6 Å². The molecule has 0 spiro atoms. The molecule has 1 saturated heterocycles. The number of likely N-dealkylation sites (tertiary alicyclic amines) is 1. The Labute approximate surface area is 126 Å². The predicted octanol–water partition coefficient (Wildman–Crippen LogP) is 4.14. The maximum absolute atomic E-state index is 12.6. The molecule has 2 nitrogen and oxygen atoms in total. The van der Waals surface area contributed by atoms with Gasteiger partial charge in [0.15, 0.2) is 0 Å². The first kappa shape index (κ1) is 16.4. The molecular weight excluding hydrogens is 270 g/mol. The molecule has 4 heteroatoms. The van der Waals surface area contributed by atoms with Crippen molar-refractivity contribution in [3.05, 3.63) is 35.4 Å². The van der Waals surface area contributed by atoms with Crippen LogP contribution in [0.25, 0.3) is 0 Å². The molecule has 2 N–H and O–H groups in total. The minimum Gasteiger partial charge on any atom is -0.329 e. The lowest BCUT2D eigenvalue weighted by Gasteiger charge is -2.37. The summed E-state index contributed by atoms with van der Waals surface area (Å²) in [6, 6.07) is 6.80. The summed E-state index contributed by atoms with van der Waals surface area (Å²) in [5, 5.41) is 0. The van der Waals surface area contributed by atoms with Crippen LogP contribution in [0.1, 0.15) is 56.2 Å². The van der Waals surface area contributed by atoms with Gasteiger partial charge in [0, 0.05) is 18.2 Å². The Kier molecular flexibility index (Phi) is 6.12. The highest BCUT2D eigenvalue weighted by molar-refractivity contribution is 5.26. The third kappa shape index (κ3) is 4.24. The van der Waals surface area contributed by atoms with Crippen LogP contribution in [0.2, 0.25) is 0 Å². The number of benzene rings is 1. The summed E-state index contributed by atoms with van der Waals surface area (Å²) >= 11 is 0. The topological polar surface area (TPSA) is 29.3 Å². The van der Waals surface area contributed by atoms with E-state index in [1.165, 1.54) is 37.8 Å². The van der Waals surface area contributed by atoms with Gasteiger partial charge in [0.2, 0.25) is 0 Å². The van der Waals surface area contributed by atoms with Gasteiger partial charge in [-0.3, -0.25) is 4.90 Å². The number of halogens is 2. The Morgan fingerprint density at radius 2 is 1.71 bits per heavy atom. The van der Waals surface area contributed by atoms with E-state index in [2.05, 4.69) is 11.8 Å². The van der Waals surface area contributed by atoms with E-state index in [0.29, 0.717) is 6.54 Å². The summed E-state index contributed by atoms with van der Waals surface area (Å²) in [7, 11) is 0. The summed E-state index contributed by atoms with van der Waals surface area (Å²) in [6.45, 7) is 4.89. The second-order valence-electron chi connectivity index (χ2n) is 5.99. The van der Waals surface area contributed by atoms with Crippen molar-refractivity contribution in [1.82, 2.24) is 4.90 Å². The molecule has 1 aromatic carbocycles. The van der Waals surface area contributed by atoms with Gasteiger partial charge in [-0.25, -0.2) is 8.78 Å². The standard InChI is InChI=1S/C17H26F2N2/c1-2-3-13-8-10-21(11-9-13)16(12-20)14-4-6-15(7-5-14)17(18)19/h4-7,13,16-17H,2-3,8-12,20H2,1H3. The van der Waals surface area contributed by atoms with Crippen LogP contribution in [-0.4, -0.2) is 24.5 Å². The van der Waals surface area contributed by atoms with Crippen LogP contribution in [0.5, 0.6) is 0 Å². The summed E-state index contributed by atoms with van der Waals surface area (Å²) in [5.41, 5.74) is 7.07. The first-order valence-corrected chi connectivity index (χ1v) is 7.97. The minimum absolute atomic E-state index is 0.0798. The molecule has 1 aliphatic heterocycles. The normalized spacial score (nSPS) is 19.1. The van der Waals surface area contributed by atoms with Crippen LogP contribution in [0.4, 0.5) is 8.78 Å². The van der Waals surface area contributed by atoms with E-state index in [1.807, 2.05) is 0 Å². The van der Waals surface area contributed by atoms with Crippen LogP contribution in [0.15, 0.2) is 24.3 Å². The highest BCUT2D eigenvalue weighted by Crippen LogP contribution is 2.29. The first-order valence-electron chi connectivity index (χ1n) is 7.97. The molecule has 21 heavy (non-hydrogen) atoms. The van der Waals surface area contributed by atoms with Crippen molar-refractivity contribution in [1.29, 1.82) is 0 Å². The maximum Gasteiger partial charge on any atom is 0.263 e. The Morgan fingerprint density at radius 3 is 2.19 bits per heavy atom. The number of nitrogens with zero attached hydrogens (tertiary/aromatic N) is 1. The highest BCUT2D eigenvalue weighted by Gasteiger charge is 2.25. The van der Waals surface area contributed by atoms with Gasteiger partial charge < -0.3 is 5.73 Å². The molecule has 1 aromatic rings. The van der Waals surface area contributed by atoms with E-state index in [1.54, 1.807) is 12.1 Å². The predicted molar refractivity (Wildman–Crippen MR) is 82.4 cm³/mol.